The molecule has 0 amide bonds. The Balaban J connectivity index is 1.84. The number of ether oxygens (including phenoxy) is 1. The van der Waals surface area contributed by atoms with Gasteiger partial charge in [-0.05, 0) is 48.0 Å². The molecule has 2 aromatic carbocycles. The predicted molar refractivity (Wildman–Crippen MR) is 89.6 cm³/mol. The van der Waals surface area contributed by atoms with Gasteiger partial charge in [0.25, 0.3) is 5.91 Å². The number of allylic oxidation sites excluding steroid dienone is 1. The molecule has 0 bridgehead atoms. The highest BCUT2D eigenvalue weighted by Gasteiger charge is 2.06. The van der Waals surface area contributed by atoms with Crippen LogP contribution in [0.15, 0.2) is 60.8 Å². The second kappa shape index (κ2) is 6.08. The number of carbonyl (C=O) groups is 1. The van der Waals surface area contributed by atoms with Gasteiger partial charge >= 0.3 is 0 Å². The highest BCUT2D eigenvalue weighted by atomic mass is 35.5. The van der Waals surface area contributed by atoms with E-state index in [1.807, 2.05) is 42.5 Å². The van der Waals surface area contributed by atoms with Gasteiger partial charge in [-0.2, -0.15) is 0 Å². The minimum absolute atomic E-state index is 0.104. The largest absolute Gasteiger partial charge is 0.497 e. The summed E-state index contributed by atoms with van der Waals surface area (Å²) < 4.78 is 6.71. The first-order chi connectivity index (χ1) is 10.7. The third-order valence-corrected chi connectivity index (χ3v) is 3.66. The highest BCUT2D eigenvalue weighted by Crippen LogP contribution is 2.20. The SMILES string of the molecule is COc1ccc(/C=C/C(=O)n2ccc3cc(Cl)ccc32)cc1. The van der Waals surface area contributed by atoms with Gasteiger partial charge in [-0.3, -0.25) is 9.36 Å². The van der Waals surface area contributed by atoms with Crippen molar-refractivity contribution in [2.75, 3.05) is 7.11 Å². The third kappa shape index (κ3) is 2.90. The zero-order chi connectivity index (χ0) is 15.5. The van der Waals surface area contributed by atoms with Crippen molar-refractivity contribution in [3.8, 4) is 5.75 Å². The van der Waals surface area contributed by atoms with Crippen LogP contribution >= 0.6 is 11.6 Å². The molecule has 0 spiro atoms. The summed E-state index contributed by atoms with van der Waals surface area (Å²) in [6, 6.07) is 14.9. The van der Waals surface area contributed by atoms with Gasteiger partial charge in [-0.15, -0.1) is 0 Å². The monoisotopic (exact) mass is 311 g/mol. The van der Waals surface area contributed by atoms with Crippen LogP contribution in [0, 0.1) is 0 Å². The average molecular weight is 312 g/mol. The zero-order valence-corrected chi connectivity index (χ0v) is 12.7. The molecule has 4 heteroatoms. The van der Waals surface area contributed by atoms with Crippen molar-refractivity contribution in [3.63, 3.8) is 0 Å². The normalized spacial score (nSPS) is 11.2. The Labute approximate surface area is 133 Å². The maximum Gasteiger partial charge on any atom is 0.255 e. The molecule has 1 heterocycles. The number of aromatic nitrogens is 1. The maximum atomic E-state index is 12.3. The number of halogens is 1. The Hall–Kier alpha value is -2.52. The molecule has 0 fully saturated rings. The van der Waals surface area contributed by atoms with Crippen LogP contribution in [0.2, 0.25) is 5.02 Å². The molecule has 110 valence electrons. The summed E-state index contributed by atoms with van der Waals surface area (Å²) in [5.74, 6) is 0.685. The minimum atomic E-state index is -0.104. The smallest absolute Gasteiger partial charge is 0.255 e. The molecule has 0 aliphatic rings. The van der Waals surface area contributed by atoms with E-state index in [2.05, 4.69) is 0 Å². The summed E-state index contributed by atoms with van der Waals surface area (Å²) >= 11 is 5.96. The summed E-state index contributed by atoms with van der Waals surface area (Å²) in [6.45, 7) is 0. The molecular weight excluding hydrogens is 298 g/mol. The molecule has 0 aliphatic heterocycles. The molecule has 0 unspecified atom stereocenters. The molecule has 22 heavy (non-hydrogen) atoms. The van der Waals surface area contributed by atoms with Gasteiger partial charge in [0.05, 0.1) is 12.6 Å². The van der Waals surface area contributed by atoms with Crippen LogP contribution in [0.5, 0.6) is 5.75 Å². The first-order valence-corrected chi connectivity index (χ1v) is 7.18. The Morgan fingerprint density at radius 3 is 2.64 bits per heavy atom. The van der Waals surface area contributed by atoms with Gasteiger partial charge < -0.3 is 4.74 Å². The number of hydrogen-bond acceptors (Lipinski definition) is 2. The molecule has 3 nitrogen and oxygen atoms in total. The molecule has 3 aromatic rings. The summed E-state index contributed by atoms with van der Waals surface area (Å²) in [5, 5.41) is 1.60. The second-order valence-electron chi connectivity index (χ2n) is 4.83. The number of rotatable bonds is 3. The van der Waals surface area contributed by atoms with Gasteiger partial charge in [0.15, 0.2) is 0 Å². The lowest BCUT2D eigenvalue weighted by Gasteiger charge is -2.01. The highest BCUT2D eigenvalue weighted by molar-refractivity contribution is 6.31. The Kier molecular flexibility index (Phi) is 3.98. The lowest BCUT2D eigenvalue weighted by atomic mass is 10.2. The number of hydrogen-bond donors (Lipinski definition) is 0. The van der Waals surface area contributed by atoms with E-state index in [9.17, 15) is 4.79 Å². The first-order valence-electron chi connectivity index (χ1n) is 6.80. The summed E-state index contributed by atoms with van der Waals surface area (Å²) in [7, 11) is 1.62. The van der Waals surface area contributed by atoms with Crippen molar-refractivity contribution < 1.29 is 9.53 Å². The van der Waals surface area contributed by atoms with Gasteiger partial charge in [-0.25, -0.2) is 0 Å². The van der Waals surface area contributed by atoms with Gasteiger partial charge in [-0.1, -0.05) is 23.7 Å². The van der Waals surface area contributed by atoms with Crippen molar-refractivity contribution in [2.24, 2.45) is 0 Å². The molecule has 0 aliphatic carbocycles. The lowest BCUT2D eigenvalue weighted by Crippen LogP contribution is -2.04. The van der Waals surface area contributed by atoms with Crippen LogP contribution in [0.4, 0.5) is 0 Å². The standard InChI is InChI=1S/C18H14ClNO2/c1-22-16-6-2-13(3-7-16)4-9-18(21)20-11-10-14-12-15(19)5-8-17(14)20/h2-12H,1H3/b9-4+. The molecule has 0 saturated carbocycles. The average Bonchev–Trinajstić information content (AvgIpc) is 2.96. The van der Waals surface area contributed by atoms with Gasteiger partial charge in [0.2, 0.25) is 0 Å². The number of carbonyl (C=O) groups excluding carboxylic acids is 1. The van der Waals surface area contributed by atoms with Crippen molar-refractivity contribution in [3.05, 3.63) is 71.4 Å². The molecular formula is C18H14ClNO2. The van der Waals surface area contributed by atoms with E-state index in [0.29, 0.717) is 5.02 Å². The van der Waals surface area contributed by atoms with E-state index < -0.39 is 0 Å². The predicted octanol–water partition coefficient (Wildman–Crippen LogP) is 4.66. The lowest BCUT2D eigenvalue weighted by molar-refractivity contribution is 0.0975. The molecule has 3 rings (SSSR count). The Morgan fingerprint density at radius 2 is 1.91 bits per heavy atom. The molecule has 0 atom stereocenters. The molecule has 0 saturated heterocycles. The number of nitrogens with zero attached hydrogens (tertiary/aromatic N) is 1. The van der Waals surface area contributed by atoms with Crippen LogP contribution in [0.1, 0.15) is 10.4 Å². The van der Waals surface area contributed by atoms with E-state index in [-0.39, 0.29) is 5.91 Å². The van der Waals surface area contributed by atoms with E-state index in [0.717, 1.165) is 22.2 Å². The van der Waals surface area contributed by atoms with Crippen molar-refractivity contribution in [1.29, 1.82) is 0 Å². The first kappa shape index (κ1) is 14.4. The summed E-state index contributed by atoms with van der Waals surface area (Å²) in [6.07, 6.45) is 5.08. The van der Waals surface area contributed by atoms with E-state index >= 15 is 0 Å². The van der Waals surface area contributed by atoms with Crippen LogP contribution in [0.3, 0.4) is 0 Å². The quantitative estimate of drug-likeness (QED) is 0.659. The topological polar surface area (TPSA) is 31.2 Å². The van der Waals surface area contributed by atoms with E-state index in [1.54, 1.807) is 36.1 Å². The Morgan fingerprint density at radius 1 is 1.14 bits per heavy atom. The third-order valence-electron chi connectivity index (χ3n) is 3.42. The Bertz CT molecular complexity index is 847. The second-order valence-corrected chi connectivity index (χ2v) is 5.27. The number of fused-ring (bicyclic) bond motifs is 1. The van der Waals surface area contributed by atoms with Crippen molar-refractivity contribution in [1.82, 2.24) is 4.57 Å². The van der Waals surface area contributed by atoms with Gasteiger partial charge in [0.1, 0.15) is 5.75 Å². The number of methoxy groups -OCH3 is 1. The van der Waals surface area contributed by atoms with Gasteiger partial charge in [0, 0.05) is 22.7 Å². The van der Waals surface area contributed by atoms with Crippen LogP contribution < -0.4 is 4.74 Å². The summed E-state index contributed by atoms with van der Waals surface area (Å²) in [5.41, 5.74) is 1.78. The van der Waals surface area contributed by atoms with Crippen LogP contribution in [0.25, 0.3) is 17.0 Å². The van der Waals surface area contributed by atoms with E-state index in [4.69, 9.17) is 16.3 Å². The fraction of sp³-hybridized carbons (Fsp3) is 0.0556. The minimum Gasteiger partial charge on any atom is -0.497 e. The molecule has 0 radical (unpaired) electrons. The van der Waals surface area contributed by atoms with Crippen LogP contribution in [-0.2, 0) is 0 Å². The number of benzene rings is 2. The fourth-order valence-electron chi connectivity index (χ4n) is 2.27. The fourth-order valence-corrected chi connectivity index (χ4v) is 2.45. The molecule has 1 aromatic heterocycles. The van der Waals surface area contributed by atoms with E-state index in [1.165, 1.54) is 0 Å². The van der Waals surface area contributed by atoms with Crippen molar-refractivity contribution in [2.45, 2.75) is 0 Å². The maximum absolute atomic E-state index is 12.3. The van der Waals surface area contributed by atoms with Crippen LogP contribution in [-0.4, -0.2) is 17.6 Å². The zero-order valence-electron chi connectivity index (χ0n) is 12.0. The summed E-state index contributed by atoms with van der Waals surface area (Å²) in [4.78, 5) is 12.3. The molecule has 0 N–H and O–H groups in total. The van der Waals surface area contributed by atoms with Crippen molar-refractivity contribution >= 4 is 34.5 Å².